The summed E-state index contributed by atoms with van der Waals surface area (Å²) in [6, 6.07) is -0.643. The Balaban J connectivity index is 1.98. The Bertz CT molecular complexity index is 426. The molecule has 0 bridgehead atoms. The number of hydrogen-bond acceptors (Lipinski definition) is 4. The van der Waals surface area contributed by atoms with Gasteiger partial charge in [-0.05, 0) is 19.8 Å². The van der Waals surface area contributed by atoms with Gasteiger partial charge in [-0.15, -0.1) is 0 Å². The molecule has 1 saturated heterocycles. The van der Waals surface area contributed by atoms with Crippen LogP contribution >= 0.6 is 0 Å². The number of likely N-dealkylation sites (N-methyl/N-ethyl adjacent to an activating group) is 1. The molecule has 0 saturated carbocycles. The number of nitrogens with two attached hydrogens (primary N) is 1. The predicted molar refractivity (Wildman–Crippen MR) is 71.4 cm³/mol. The predicted octanol–water partition coefficient (Wildman–Crippen LogP) is 0.447. The molecule has 2 unspecified atom stereocenters. The van der Waals surface area contributed by atoms with Crippen LogP contribution in [-0.2, 0) is 16.6 Å². The van der Waals surface area contributed by atoms with Gasteiger partial charge in [0.1, 0.15) is 6.04 Å². The normalized spacial score (nSPS) is 20.5. The van der Waals surface area contributed by atoms with Crippen molar-refractivity contribution in [3.63, 3.8) is 0 Å². The van der Waals surface area contributed by atoms with Crippen molar-refractivity contribution in [2.45, 2.75) is 31.9 Å². The molecule has 0 spiro atoms. The number of ether oxygens (including phenoxy) is 1. The van der Waals surface area contributed by atoms with E-state index in [-0.39, 0.29) is 12.0 Å². The third kappa shape index (κ3) is 3.33. The molecule has 0 radical (unpaired) electrons. The van der Waals surface area contributed by atoms with Crippen LogP contribution in [0.15, 0.2) is 12.4 Å². The van der Waals surface area contributed by atoms with Crippen molar-refractivity contribution in [2.24, 2.45) is 12.8 Å². The third-order valence-electron chi connectivity index (χ3n) is 3.49. The number of carbonyl (C=O) groups is 1. The molecule has 1 aliphatic heterocycles. The van der Waals surface area contributed by atoms with Gasteiger partial charge in [-0.25, -0.2) is 0 Å². The van der Waals surface area contributed by atoms with Crippen LogP contribution < -0.4 is 5.73 Å². The van der Waals surface area contributed by atoms with Crippen LogP contribution in [0.1, 0.15) is 31.4 Å². The Morgan fingerprint density at radius 2 is 2.53 bits per heavy atom. The van der Waals surface area contributed by atoms with Crippen molar-refractivity contribution in [1.29, 1.82) is 0 Å². The summed E-state index contributed by atoms with van der Waals surface area (Å²) in [5.41, 5.74) is 6.77. The zero-order valence-electron chi connectivity index (χ0n) is 11.6. The van der Waals surface area contributed by atoms with Gasteiger partial charge in [0.15, 0.2) is 0 Å². The molecular formula is C13H22N4O2. The van der Waals surface area contributed by atoms with Gasteiger partial charge in [-0.1, -0.05) is 0 Å². The largest absolute Gasteiger partial charge is 0.376 e. The first-order valence-corrected chi connectivity index (χ1v) is 6.76. The van der Waals surface area contributed by atoms with Crippen LogP contribution in [0.4, 0.5) is 0 Å². The van der Waals surface area contributed by atoms with Crippen LogP contribution in [0.2, 0.25) is 0 Å². The highest BCUT2D eigenvalue weighted by atomic mass is 16.5. The highest BCUT2D eigenvalue weighted by Crippen LogP contribution is 2.17. The number of nitrogens with zero attached hydrogens (tertiary/aromatic N) is 3. The lowest BCUT2D eigenvalue weighted by molar-refractivity contribution is -0.134. The maximum Gasteiger partial charge on any atom is 0.244 e. The molecule has 1 fully saturated rings. The number of aryl methyl sites for hydroxylation is 1. The minimum atomic E-state index is -0.643. The summed E-state index contributed by atoms with van der Waals surface area (Å²) in [5, 5.41) is 4.05. The van der Waals surface area contributed by atoms with Gasteiger partial charge in [0, 0.05) is 38.5 Å². The molecule has 2 rings (SSSR count). The second kappa shape index (κ2) is 6.16. The topological polar surface area (TPSA) is 73.4 Å². The van der Waals surface area contributed by atoms with E-state index in [0.29, 0.717) is 13.1 Å². The summed E-state index contributed by atoms with van der Waals surface area (Å²) in [4.78, 5) is 14.2. The van der Waals surface area contributed by atoms with Crippen molar-refractivity contribution in [3.05, 3.63) is 18.0 Å². The lowest BCUT2D eigenvalue weighted by Gasteiger charge is -2.26. The maximum atomic E-state index is 12.4. The van der Waals surface area contributed by atoms with E-state index in [1.54, 1.807) is 22.0 Å². The fourth-order valence-electron chi connectivity index (χ4n) is 2.35. The SMILES string of the molecule is CCN(CC1CCCO1)C(=O)C(N)c1cnn(C)c1. The molecule has 106 valence electrons. The van der Waals surface area contributed by atoms with E-state index in [1.807, 2.05) is 14.0 Å². The minimum Gasteiger partial charge on any atom is -0.376 e. The zero-order valence-corrected chi connectivity index (χ0v) is 11.6. The molecule has 19 heavy (non-hydrogen) atoms. The average Bonchev–Trinajstić information content (AvgIpc) is 3.05. The lowest BCUT2D eigenvalue weighted by Crippen LogP contribution is -2.42. The van der Waals surface area contributed by atoms with E-state index < -0.39 is 6.04 Å². The highest BCUT2D eigenvalue weighted by molar-refractivity contribution is 5.82. The molecule has 0 aromatic carbocycles. The standard InChI is InChI=1S/C13H22N4O2/c1-3-17(9-11-5-4-6-19-11)13(18)12(14)10-7-15-16(2)8-10/h7-8,11-12H,3-6,9,14H2,1-2H3. The van der Waals surface area contributed by atoms with Crippen molar-refractivity contribution in [3.8, 4) is 0 Å². The van der Waals surface area contributed by atoms with Crippen molar-refractivity contribution in [2.75, 3.05) is 19.7 Å². The second-order valence-electron chi connectivity index (χ2n) is 4.94. The Kier molecular flexibility index (Phi) is 4.55. The molecule has 6 nitrogen and oxygen atoms in total. The first-order valence-electron chi connectivity index (χ1n) is 6.76. The average molecular weight is 266 g/mol. The maximum absolute atomic E-state index is 12.4. The van der Waals surface area contributed by atoms with Crippen molar-refractivity contribution < 1.29 is 9.53 Å². The fourth-order valence-corrected chi connectivity index (χ4v) is 2.35. The summed E-state index contributed by atoms with van der Waals surface area (Å²) in [5.74, 6) is -0.0639. The number of rotatable bonds is 5. The Hall–Kier alpha value is -1.40. The highest BCUT2D eigenvalue weighted by Gasteiger charge is 2.26. The molecule has 1 aliphatic rings. The first-order chi connectivity index (χ1) is 9.11. The van der Waals surface area contributed by atoms with Gasteiger partial charge < -0.3 is 15.4 Å². The van der Waals surface area contributed by atoms with E-state index in [1.165, 1.54) is 0 Å². The van der Waals surface area contributed by atoms with Gasteiger partial charge in [0.25, 0.3) is 0 Å². The zero-order chi connectivity index (χ0) is 13.8. The molecule has 2 atom stereocenters. The van der Waals surface area contributed by atoms with E-state index in [0.717, 1.165) is 25.0 Å². The molecule has 1 aromatic heterocycles. The van der Waals surface area contributed by atoms with E-state index in [4.69, 9.17) is 10.5 Å². The Labute approximate surface area is 113 Å². The van der Waals surface area contributed by atoms with Gasteiger partial charge in [0.2, 0.25) is 5.91 Å². The number of amides is 1. The number of hydrogen-bond donors (Lipinski definition) is 1. The summed E-state index contributed by atoms with van der Waals surface area (Å²) >= 11 is 0. The van der Waals surface area contributed by atoms with Crippen LogP contribution in [0.5, 0.6) is 0 Å². The lowest BCUT2D eigenvalue weighted by atomic mass is 10.1. The molecule has 1 amide bonds. The fraction of sp³-hybridized carbons (Fsp3) is 0.692. The monoisotopic (exact) mass is 266 g/mol. The molecule has 6 heteroatoms. The van der Waals surface area contributed by atoms with Crippen LogP contribution in [0.25, 0.3) is 0 Å². The number of aromatic nitrogens is 2. The van der Waals surface area contributed by atoms with Gasteiger partial charge in [-0.2, -0.15) is 5.10 Å². The Morgan fingerprint density at radius 3 is 3.05 bits per heavy atom. The van der Waals surface area contributed by atoms with Crippen LogP contribution in [0, 0.1) is 0 Å². The van der Waals surface area contributed by atoms with E-state index in [9.17, 15) is 4.79 Å². The molecular weight excluding hydrogens is 244 g/mol. The number of carbonyl (C=O) groups excluding carboxylic acids is 1. The van der Waals surface area contributed by atoms with Crippen molar-refractivity contribution in [1.82, 2.24) is 14.7 Å². The second-order valence-corrected chi connectivity index (χ2v) is 4.94. The molecule has 1 aromatic rings. The summed E-state index contributed by atoms with van der Waals surface area (Å²) in [6.45, 7) is 4.03. The third-order valence-corrected chi connectivity index (χ3v) is 3.49. The smallest absolute Gasteiger partial charge is 0.244 e. The molecule has 2 N–H and O–H groups in total. The van der Waals surface area contributed by atoms with Gasteiger partial charge in [0.05, 0.1) is 12.3 Å². The first kappa shape index (κ1) is 14.0. The quantitative estimate of drug-likeness (QED) is 0.839. The van der Waals surface area contributed by atoms with Crippen LogP contribution in [0.3, 0.4) is 0 Å². The van der Waals surface area contributed by atoms with Gasteiger partial charge >= 0.3 is 0 Å². The minimum absolute atomic E-state index is 0.0639. The van der Waals surface area contributed by atoms with Crippen LogP contribution in [-0.4, -0.2) is 46.4 Å². The molecule has 0 aliphatic carbocycles. The van der Waals surface area contributed by atoms with E-state index in [2.05, 4.69) is 5.10 Å². The summed E-state index contributed by atoms with van der Waals surface area (Å²) < 4.78 is 7.23. The summed E-state index contributed by atoms with van der Waals surface area (Å²) in [7, 11) is 1.81. The van der Waals surface area contributed by atoms with Crippen molar-refractivity contribution >= 4 is 5.91 Å². The summed E-state index contributed by atoms with van der Waals surface area (Å²) in [6.07, 6.45) is 5.67. The van der Waals surface area contributed by atoms with E-state index >= 15 is 0 Å². The Morgan fingerprint density at radius 1 is 1.74 bits per heavy atom. The van der Waals surface area contributed by atoms with Gasteiger partial charge in [-0.3, -0.25) is 9.48 Å². The molecule has 2 heterocycles.